The van der Waals surface area contributed by atoms with E-state index in [1.807, 2.05) is 0 Å². The molecule has 24 heteroatoms. The van der Waals surface area contributed by atoms with Gasteiger partial charge in [0.05, 0.1) is 24.9 Å². The summed E-state index contributed by atoms with van der Waals surface area (Å²) in [6, 6.07) is -10.6. The van der Waals surface area contributed by atoms with Gasteiger partial charge in [0.1, 0.15) is 30.2 Å². The van der Waals surface area contributed by atoms with E-state index in [9.17, 15) is 63.6 Å². The number of carbonyl (C=O) groups excluding carboxylic acids is 9. The Morgan fingerprint density at radius 3 is 1.74 bits per heavy atom. The lowest BCUT2D eigenvalue weighted by atomic mass is 10.0. The molecule has 24 nitrogen and oxygen atoms in total. The molecule has 0 aromatic heterocycles. The maximum Gasteiger partial charge on any atom is 0.312 e. The molecule has 0 saturated carbocycles. The van der Waals surface area contributed by atoms with E-state index < -0.39 is 134 Å². The Bertz CT molecular complexity index is 1480. The lowest BCUT2D eigenvalue weighted by Gasteiger charge is -2.29. The van der Waals surface area contributed by atoms with Gasteiger partial charge in [0.25, 0.3) is 0 Å². The van der Waals surface area contributed by atoms with E-state index in [2.05, 4.69) is 44.1 Å². The Morgan fingerprint density at radius 2 is 1.20 bits per heavy atom. The van der Waals surface area contributed by atoms with E-state index in [0.29, 0.717) is 6.42 Å². The molecule has 0 aromatic carbocycles. The number of amides is 10. The molecule has 0 radical (unpaired) electrons. The summed E-state index contributed by atoms with van der Waals surface area (Å²) in [6.07, 6.45) is 3.42. The largest absolute Gasteiger partial charge is 0.394 e. The fourth-order valence-electron chi connectivity index (χ4n) is 5.51. The Hall–Kier alpha value is -5.43. The number of allylic oxidation sites excluding steroid dienone is 1. The van der Waals surface area contributed by atoms with Gasteiger partial charge in [0.15, 0.2) is 6.10 Å². The number of nitrogens with one attached hydrogen (secondary N) is 7. The average Bonchev–Trinajstić information content (AvgIpc) is 3.18. The number of carbonyl (C=O) groups is 9. The highest BCUT2D eigenvalue weighted by atomic mass is 16.3. The van der Waals surface area contributed by atoms with E-state index in [1.54, 1.807) is 6.08 Å². The molecule has 0 aliphatic carbocycles. The minimum Gasteiger partial charge on any atom is -0.394 e. The molecule has 0 aromatic rings. The van der Waals surface area contributed by atoms with Gasteiger partial charge in [-0.2, -0.15) is 0 Å². The van der Waals surface area contributed by atoms with Crippen molar-refractivity contribution in [2.75, 3.05) is 19.7 Å². The Labute approximate surface area is 354 Å². The van der Waals surface area contributed by atoms with Crippen molar-refractivity contribution >= 4 is 53.3 Å². The fourth-order valence-corrected chi connectivity index (χ4v) is 5.51. The normalized spacial score (nSPS) is 15.6. The monoisotopic (exact) mass is 873 g/mol. The quantitative estimate of drug-likeness (QED) is 0.0222. The number of hydrogen-bond donors (Lipinski definition) is 15. The van der Waals surface area contributed by atoms with Crippen LogP contribution in [0.4, 0.5) is 4.79 Å². The smallest absolute Gasteiger partial charge is 0.312 e. The first kappa shape index (κ1) is 55.6. The van der Waals surface area contributed by atoms with Crippen LogP contribution in [-0.2, 0) is 38.4 Å². The first-order chi connectivity index (χ1) is 28.7. The van der Waals surface area contributed by atoms with Gasteiger partial charge < -0.3 is 80.6 Å². The van der Waals surface area contributed by atoms with Gasteiger partial charge in [-0.05, 0) is 52.0 Å². The first-order valence-corrected chi connectivity index (χ1v) is 20.1. The maximum absolute atomic E-state index is 13.7. The lowest BCUT2D eigenvalue weighted by Crippen LogP contribution is -2.63. The summed E-state index contributed by atoms with van der Waals surface area (Å²) in [5.74, 6) is -8.69. The van der Waals surface area contributed by atoms with Gasteiger partial charge in [-0.25, -0.2) is 4.79 Å². The number of urea groups is 1. The average molecular weight is 874 g/mol. The molecule has 9 atom stereocenters. The van der Waals surface area contributed by atoms with E-state index in [4.69, 9.17) is 22.9 Å². The zero-order valence-electron chi connectivity index (χ0n) is 35.0. The number of hydrogen-bond acceptors (Lipinski definition) is 14. The zero-order valence-corrected chi connectivity index (χ0v) is 35.0. The highest BCUT2D eigenvalue weighted by Crippen LogP contribution is 2.08. The van der Waals surface area contributed by atoms with Crippen molar-refractivity contribution in [1.82, 2.24) is 37.2 Å². The number of aliphatic hydroxyl groups is 4. The second-order valence-electron chi connectivity index (χ2n) is 14.5. The van der Waals surface area contributed by atoms with Gasteiger partial charge in [0, 0.05) is 19.5 Å². The highest BCUT2D eigenvalue weighted by molar-refractivity contribution is 5.98. The minimum absolute atomic E-state index is 0.0217. The third-order valence-corrected chi connectivity index (χ3v) is 9.05. The summed E-state index contributed by atoms with van der Waals surface area (Å²) in [4.78, 5) is 114. The van der Waals surface area contributed by atoms with Gasteiger partial charge in [-0.3, -0.25) is 38.4 Å². The number of primary amides is 3. The Morgan fingerprint density at radius 1 is 0.623 bits per heavy atom. The molecule has 0 aliphatic rings. The van der Waals surface area contributed by atoms with Gasteiger partial charge in [-0.15, -0.1) is 0 Å². The van der Waals surface area contributed by atoms with Crippen LogP contribution < -0.4 is 60.2 Å². The zero-order chi connectivity index (χ0) is 46.7. The summed E-state index contributed by atoms with van der Waals surface area (Å²) < 4.78 is 0. The molecule has 10 amide bonds. The molecule has 9 unspecified atom stereocenters. The molecular weight excluding hydrogens is 806 g/mol. The van der Waals surface area contributed by atoms with Crippen molar-refractivity contribution in [3.63, 3.8) is 0 Å². The SMILES string of the molecule is CCCCCCCC/C=C\C(=O)NC(CCCNC(N)=O)C(=O)NC(C(=O)NC(CCNC(=O)C(N)C(C)O)C(=O)NC(C(=O)NC(CO)CC(N)=O)C(O)C(N)=O)C(C)O. The molecule has 61 heavy (non-hydrogen) atoms. The van der Waals surface area contributed by atoms with Crippen molar-refractivity contribution in [3.8, 4) is 0 Å². The van der Waals surface area contributed by atoms with Crippen molar-refractivity contribution in [1.29, 1.82) is 0 Å². The van der Waals surface area contributed by atoms with E-state index in [-0.39, 0.29) is 19.4 Å². The van der Waals surface area contributed by atoms with Crippen LogP contribution in [0.2, 0.25) is 0 Å². The van der Waals surface area contributed by atoms with Crippen LogP contribution in [0.1, 0.15) is 91.4 Å². The predicted octanol–water partition coefficient (Wildman–Crippen LogP) is -5.53. The lowest BCUT2D eigenvalue weighted by molar-refractivity contribution is -0.140. The van der Waals surface area contributed by atoms with Crippen LogP contribution in [0.3, 0.4) is 0 Å². The van der Waals surface area contributed by atoms with Crippen LogP contribution >= 0.6 is 0 Å². The first-order valence-electron chi connectivity index (χ1n) is 20.1. The van der Waals surface area contributed by atoms with Crippen LogP contribution in [-0.4, -0.2) is 148 Å². The van der Waals surface area contributed by atoms with Crippen molar-refractivity contribution < 1.29 is 63.6 Å². The standard InChI is InChI=1S/C37H67N11O13/c1-4-5-6-7-8-9-10-11-14-26(53)45-23(13-12-16-43-37(41)61)32(56)47-28(21(3)51)35(59)46-24(15-17-42-34(58)27(39)20(2)50)33(57)48-29(30(54)31(40)55)36(60)44-22(19-49)18-25(38)52/h11,14,20-24,27-30,49-51,54H,4-10,12-13,15-19,39H2,1-3H3,(H2,38,52)(H2,40,55)(H,42,58)(H,44,60)(H,45,53)(H,46,59)(H,47,56)(H,48,57)(H3,41,43,61)/b14-11-. The summed E-state index contributed by atoms with van der Waals surface area (Å²) in [5.41, 5.74) is 21.1. The van der Waals surface area contributed by atoms with Gasteiger partial charge in [0.2, 0.25) is 47.3 Å². The number of unbranched alkanes of at least 4 members (excludes halogenated alkanes) is 6. The van der Waals surface area contributed by atoms with Crippen LogP contribution in [0.25, 0.3) is 0 Å². The van der Waals surface area contributed by atoms with E-state index >= 15 is 0 Å². The maximum atomic E-state index is 13.7. The molecule has 0 bridgehead atoms. The molecule has 0 aliphatic heterocycles. The third kappa shape index (κ3) is 23.8. The predicted molar refractivity (Wildman–Crippen MR) is 219 cm³/mol. The second kappa shape index (κ2) is 30.6. The number of nitrogens with two attached hydrogens (primary N) is 4. The van der Waals surface area contributed by atoms with Crippen molar-refractivity contribution in [2.24, 2.45) is 22.9 Å². The Balaban J connectivity index is 6.40. The van der Waals surface area contributed by atoms with Crippen LogP contribution in [0.5, 0.6) is 0 Å². The van der Waals surface area contributed by atoms with Gasteiger partial charge >= 0.3 is 6.03 Å². The highest BCUT2D eigenvalue weighted by Gasteiger charge is 2.37. The molecule has 0 spiro atoms. The number of aliphatic hydroxyl groups excluding tert-OH is 4. The fraction of sp³-hybridized carbons (Fsp3) is 0.703. The molecule has 0 saturated heterocycles. The summed E-state index contributed by atoms with van der Waals surface area (Å²) >= 11 is 0. The molecule has 0 fully saturated rings. The summed E-state index contributed by atoms with van der Waals surface area (Å²) in [7, 11) is 0. The molecule has 0 rings (SSSR count). The topological polar surface area (TPSA) is 423 Å². The summed E-state index contributed by atoms with van der Waals surface area (Å²) in [6.45, 7) is 3.25. The second-order valence-corrected chi connectivity index (χ2v) is 14.5. The van der Waals surface area contributed by atoms with Crippen molar-refractivity contribution in [3.05, 3.63) is 12.2 Å². The molecule has 19 N–H and O–H groups in total. The van der Waals surface area contributed by atoms with E-state index in [0.717, 1.165) is 45.4 Å². The van der Waals surface area contributed by atoms with Gasteiger partial charge in [-0.1, -0.05) is 45.1 Å². The Kier molecular flexibility index (Phi) is 27.9. The van der Waals surface area contributed by atoms with Crippen LogP contribution in [0, 0.1) is 0 Å². The number of rotatable bonds is 32. The molecular formula is C37H67N11O13. The molecule has 348 valence electrons. The van der Waals surface area contributed by atoms with Crippen LogP contribution in [0.15, 0.2) is 12.2 Å². The molecule has 0 heterocycles. The summed E-state index contributed by atoms with van der Waals surface area (Å²) in [5, 5.41) is 56.3. The van der Waals surface area contributed by atoms with E-state index in [1.165, 1.54) is 13.0 Å². The third-order valence-electron chi connectivity index (χ3n) is 9.05. The minimum atomic E-state index is -2.41. The van der Waals surface area contributed by atoms with Crippen molar-refractivity contribution in [2.45, 2.75) is 146 Å².